The molecule has 3 aromatic rings. The Morgan fingerprint density at radius 3 is 2.20 bits per heavy atom. The largest absolute Gasteiger partial charge is 0.483 e. The molecule has 3 aromatic carbocycles. The number of carbonyl (C=O) groups excluding carboxylic acids is 2. The Balaban J connectivity index is 1.62. The molecule has 0 radical (unpaired) electrons. The molecule has 2 amide bonds. The lowest BCUT2D eigenvalue weighted by Crippen LogP contribution is -2.32. The Morgan fingerprint density at radius 2 is 1.50 bits per heavy atom. The summed E-state index contributed by atoms with van der Waals surface area (Å²) in [7, 11) is 0. The number of para-hydroxylation sites is 2. The monoisotopic (exact) mass is 402 g/mol. The summed E-state index contributed by atoms with van der Waals surface area (Å²) in [6.45, 7) is 1.92. The minimum absolute atomic E-state index is 0.0658. The van der Waals surface area contributed by atoms with Gasteiger partial charge in [0, 0.05) is 5.69 Å². The van der Waals surface area contributed by atoms with Gasteiger partial charge in [0.1, 0.15) is 5.75 Å². The quantitative estimate of drug-likeness (QED) is 0.531. The Labute approximate surface area is 177 Å². The van der Waals surface area contributed by atoms with Gasteiger partial charge in [-0.25, -0.2) is 0 Å². The summed E-state index contributed by atoms with van der Waals surface area (Å²) in [5.74, 6) is -0.145. The topological polar surface area (TPSA) is 67.4 Å². The summed E-state index contributed by atoms with van der Waals surface area (Å²) >= 11 is 0. The lowest BCUT2D eigenvalue weighted by Gasteiger charge is -2.19. The first kappa shape index (κ1) is 21.1. The molecule has 0 aromatic heterocycles. The smallest absolute Gasteiger partial charge is 0.259 e. The highest BCUT2D eigenvalue weighted by Crippen LogP contribution is 2.21. The highest BCUT2D eigenvalue weighted by molar-refractivity contribution is 6.06. The van der Waals surface area contributed by atoms with Crippen molar-refractivity contribution in [2.45, 2.75) is 25.8 Å². The van der Waals surface area contributed by atoms with Crippen molar-refractivity contribution in [1.29, 1.82) is 0 Å². The SMILES string of the molecule is CCC[C@@H](NC(=O)COc1ccccc1C(=O)Nc1ccccc1)c1ccccc1. The van der Waals surface area contributed by atoms with Gasteiger partial charge in [-0.05, 0) is 36.2 Å². The highest BCUT2D eigenvalue weighted by Gasteiger charge is 2.16. The van der Waals surface area contributed by atoms with Gasteiger partial charge in [-0.15, -0.1) is 0 Å². The van der Waals surface area contributed by atoms with Crippen LogP contribution in [0.3, 0.4) is 0 Å². The van der Waals surface area contributed by atoms with Crippen LogP contribution in [0.1, 0.15) is 41.7 Å². The standard InChI is InChI=1S/C25H26N2O3/c1-2-11-22(19-12-5-3-6-13-19)27-24(28)18-30-23-17-10-9-16-21(23)25(29)26-20-14-7-4-8-15-20/h3-10,12-17,22H,2,11,18H2,1H3,(H,26,29)(H,27,28)/t22-/m1/s1. The summed E-state index contributed by atoms with van der Waals surface area (Å²) in [6.07, 6.45) is 1.79. The number of nitrogens with one attached hydrogen (secondary N) is 2. The van der Waals surface area contributed by atoms with E-state index in [0.717, 1.165) is 18.4 Å². The average molecular weight is 402 g/mol. The van der Waals surface area contributed by atoms with Gasteiger partial charge in [-0.1, -0.05) is 74.0 Å². The molecule has 30 heavy (non-hydrogen) atoms. The first-order chi connectivity index (χ1) is 14.7. The van der Waals surface area contributed by atoms with E-state index in [2.05, 4.69) is 17.6 Å². The molecule has 0 fully saturated rings. The van der Waals surface area contributed by atoms with Crippen LogP contribution in [0, 0.1) is 0 Å². The van der Waals surface area contributed by atoms with Crippen LogP contribution in [0.25, 0.3) is 0 Å². The minimum Gasteiger partial charge on any atom is -0.483 e. The number of anilines is 1. The van der Waals surface area contributed by atoms with Gasteiger partial charge >= 0.3 is 0 Å². The van der Waals surface area contributed by atoms with Crippen LogP contribution in [-0.2, 0) is 4.79 Å². The summed E-state index contributed by atoms with van der Waals surface area (Å²) in [5, 5.41) is 5.87. The normalized spacial score (nSPS) is 11.4. The molecular weight excluding hydrogens is 376 g/mol. The molecule has 0 heterocycles. The zero-order valence-corrected chi connectivity index (χ0v) is 17.0. The van der Waals surface area contributed by atoms with Gasteiger partial charge in [-0.3, -0.25) is 9.59 Å². The maximum Gasteiger partial charge on any atom is 0.259 e. The maximum absolute atomic E-state index is 12.6. The van der Waals surface area contributed by atoms with Gasteiger partial charge in [0.2, 0.25) is 0 Å². The van der Waals surface area contributed by atoms with Crippen molar-refractivity contribution in [2.75, 3.05) is 11.9 Å². The summed E-state index contributed by atoms with van der Waals surface area (Å²) in [5.41, 5.74) is 2.14. The molecule has 0 bridgehead atoms. The van der Waals surface area contributed by atoms with Crippen molar-refractivity contribution in [3.05, 3.63) is 96.1 Å². The fraction of sp³-hybridized carbons (Fsp3) is 0.200. The summed E-state index contributed by atoms with van der Waals surface area (Å²) in [6, 6.07) is 25.9. The van der Waals surface area contributed by atoms with Crippen molar-refractivity contribution < 1.29 is 14.3 Å². The van der Waals surface area contributed by atoms with Crippen LogP contribution in [0.2, 0.25) is 0 Å². The molecule has 1 atom stereocenters. The number of hydrogen-bond donors (Lipinski definition) is 2. The van der Waals surface area contributed by atoms with Crippen LogP contribution in [0.15, 0.2) is 84.9 Å². The third-order valence-electron chi connectivity index (χ3n) is 4.64. The van der Waals surface area contributed by atoms with Gasteiger partial charge in [0.05, 0.1) is 11.6 Å². The molecule has 0 unspecified atom stereocenters. The second kappa shape index (κ2) is 10.8. The number of hydrogen-bond acceptors (Lipinski definition) is 3. The Morgan fingerprint density at radius 1 is 0.867 bits per heavy atom. The molecule has 0 aliphatic carbocycles. The van der Waals surface area contributed by atoms with E-state index in [-0.39, 0.29) is 24.5 Å². The van der Waals surface area contributed by atoms with Crippen LogP contribution < -0.4 is 15.4 Å². The van der Waals surface area contributed by atoms with Crippen molar-refractivity contribution >= 4 is 17.5 Å². The van der Waals surface area contributed by atoms with Gasteiger partial charge in [-0.2, -0.15) is 0 Å². The first-order valence-electron chi connectivity index (χ1n) is 10.1. The van der Waals surface area contributed by atoms with Crippen LogP contribution >= 0.6 is 0 Å². The number of benzene rings is 3. The zero-order chi connectivity index (χ0) is 21.2. The molecule has 0 aliphatic heterocycles. The van der Waals surface area contributed by atoms with E-state index in [1.54, 1.807) is 24.3 Å². The van der Waals surface area contributed by atoms with E-state index >= 15 is 0 Å². The zero-order valence-electron chi connectivity index (χ0n) is 17.0. The van der Waals surface area contributed by atoms with Crippen molar-refractivity contribution in [3.63, 3.8) is 0 Å². The molecule has 5 nitrogen and oxygen atoms in total. The molecule has 0 aliphatic rings. The van der Waals surface area contributed by atoms with E-state index in [0.29, 0.717) is 17.0 Å². The first-order valence-corrected chi connectivity index (χ1v) is 10.1. The van der Waals surface area contributed by atoms with Crippen LogP contribution in [0.5, 0.6) is 5.75 Å². The van der Waals surface area contributed by atoms with Gasteiger partial charge in [0.15, 0.2) is 6.61 Å². The predicted molar refractivity (Wildman–Crippen MR) is 119 cm³/mol. The van der Waals surface area contributed by atoms with Crippen LogP contribution in [-0.4, -0.2) is 18.4 Å². The molecule has 5 heteroatoms. The van der Waals surface area contributed by atoms with Crippen molar-refractivity contribution in [2.24, 2.45) is 0 Å². The summed E-state index contributed by atoms with van der Waals surface area (Å²) in [4.78, 5) is 25.1. The van der Waals surface area contributed by atoms with Crippen LogP contribution in [0.4, 0.5) is 5.69 Å². The Bertz CT molecular complexity index is 958. The predicted octanol–water partition coefficient (Wildman–Crippen LogP) is 4.98. The second-order valence-electron chi connectivity index (χ2n) is 6.92. The molecular formula is C25H26N2O3. The number of ether oxygens (including phenoxy) is 1. The van der Waals surface area contributed by atoms with Crippen molar-refractivity contribution in [3.8, 4) is 5.75 Å². The number of carbonyl (C=O) groups is 2. The van der Waals surface area contributed by atoms with Crippen molar-refractivity contribution in [1.82, 2.24) is 5.32 Å². The number of rotatable bonds is 9. The Hall–Kier alpha value is -3.60. The molecule has 2 N–H and O–H groups in total. The Kier molecular flexibility index (Phi) is 7.61. The van der Waals surface area contributed by atoms with E-state index in [1.165, 1.54) is 0 Å². The molecule has 154 valence electrons. The van der Waals surface area contributed by atoms with E-state index in [1.807, 2.05) is 60.7 Å². The van der Waals surface area contributed by atoms with E-state index in [4.69, 9.17) is 4.74 Å². The minimum atomic E-state index is -0.287. The number of amides is 2. The molecule has 3 rings (SSSR count). The highest BCUT2D eigenvalue weighted by atomic mass is 16.5. The second-order valence-corrected chi connectivity index (χ2v) is 6.92. The molecule has 0 saturated carbocycles. The lowest BCUT2D eigenvalue weighted by molar-refractivity contribution is -0.123. The maximum atomic E-state index is 12.6. The fourth-order valence-corrected chi connectivity index (χ4v) is 3.18. The molecule has 0 saturated heterocycles. The summed E-state index contributed by atoms with van der Waals surface area (Å²) < 4.78 is 5.70. The molecule has 0 spiro atoms. The van der Waals surface area contributed by atoms with Gasteiger partial charge in [0.25, 0.3) is 11.8 Å². The third kappa shape index (κ3) is 5.95. The van der Waals surface area contributed by atoms with Gasteiger partial charge < -0.3 is 15.4 Å². The third-order valence-corrected chi connectivity index (χ3v) is 4.64. The van der Waals surface area contributed by atoms with E-state index < -0.39 is 0 Å². The van der Waals surface area contributed by atoms with E-state index in [9.17, 15) is 9.59 Å². The average Bonchev–Trinajstić information content (AvgIpc) is 2.79. The lowest BCUT2D eigenvalue weighted by atomic mass is 10.0. The fourth-order valence-electron chi connectivity index (χ4n) is 3.18.